The first-order valence-electron chi connectivity index (χ1n) is 5.00. The molecule has 0 unspecified atom stereocenters. The Morgan fingerprint density at radius 2 is 2.21 bits per heavy atom. The van der Waals surface area contributed by atoms with Gasteiger partial charge in [0, 0.05) is 6.42 Å². The van der Waals surface area contributed by atoms with Crippen molar-refractivity contribution in [2.45, 2.75) is 43.9 Å². The van der Waals surface area contributed by atoms with Crippen molar-refractivity contribution in [3.05, 3.63) is 0 Å². The SMILES string of the molecule is CCOC(=O)[C@]1(Cl)CCCCCC1=O. The summed E-state index contributed by atoms with van der Waals surface area (Å²) < 4.78 is 4.82. The van der Waals surface area contributed by atoms with Crippen molar-refractivity contribution < 1.29 is 14.3 Å². The Balaban J connectivity index is 2.76. The minimum atomic E-state index is -1.40. The molecule has 1 aliphatic carbocycles. The van der Waals surface area contributed by atoms with E-state index in [-0.39, 0.29) is 12.4 Å². The van der Waals surface area contributed by atoms with E-state index >= 15 is 0 Å². The molecule has 0 bridgehead atoms. The molecule has 3 nitrogen and oxygen atoms in total. The highest BCUT2D eigenvalue weighted by Gasteiger charge is 2.45. The molecule has 4 heteroatoms. The number of carbonyl (C=O) groups is 2. The Hall–Kier alpha value is -0.570. The fourth-order valence-corrected chi connectivity index (χ4v) is 1.91. The standard InChI is InChI=1S/C10H15ClO3/c1-2-14-9(13)10(11)7-5-3-4-6-8(10)12/h2-7H2,1H3/t10-/m0/s1. The Labute approximate surface area is 88.8 Å². The molecule has 1 atom stereocenters. The third kappa shape index (κ3) is 2.27. The lowest BCUT2D eigenvalue weighted by molar-refractivity contribution is -0.149. The summed E-state index contributed by atoms with van der Waals surface area (Å²) >= 11 is 6.04. The monoisotopic (exact) mass is 218 g/mol. The first kappa shape index (κ1) is 11.5. The van der Waals surface area contributed by atoms with Gasteiger partial charge in [-0.3, -0.25) is 4.79 Å². The maximum absolute atomic E-state index is 11.6. The molecular formula is C10H15ClO3. The molecule has 1 aliphatic rings. The predicted molar refractivity (Wildman–Crippen MR) is 53.3 cm³/mol. The van der Waals surface area contributed by atoms with Crippen molar-refractivity contribution >= 4 is 23.4 Å². The predicted octanol–water partition coefficient (Wildman–Crippen LogP) is 2.06. The van der Waals surface area contributed by atoms with Crippen LogP contribution in [0.25, 0.3) is 0 Å². The normalized spacial score (nSPS) is 28.3. The van der Waals surface area contributed by atoms with Crippen molar-refractivity contribution in [1.29, 1.82) is 0 Å². The van der Waals surface area contributed by atoms with Crippen LogP contribution < -0.4 is 0 Å². The lowest BCUT2D eigenvalue weighted by Gasteiger charge is -2.20. The van der Waals surface area contributed by atoms with Gasteiger partial charge in [-0.1, -0.05) is 24.4 Å². The van der Waals surface area contributed by atoms with Gasteiger partial charge in [0.15, 0.2) is 10.7 Å². The minimum absolute atomic E-state index is 0.185. The van der Waals surface area contributed by atoms with Crippen LogP contribution in [-0.4, -0.2) is 23.2 Å². The molecule has 0 N–H and O–H groups in total. The van der Waals surface area contributed by atoms with Gasteiger partial charge >= 0.3 is 5.97 Å². The van der Waals surface area contributed by atoms with Crippen LogP contribution in [0.3, 0.4) is 0 Å². The summed E-state index contributed by atoms with van der Waals surface area (Å²) in [6.45, 7) is 1.97. The molecule has 80 valence electrons. The van der Waals surface area contributed by atoms with Crippen molar-refractivity contribution in [3.8, 4) is 0 Å². The molecular weight excluding hydrogens is 204 g/mol. The molecule has 0 spiro atoms. The Kier molecular flexibility index (Phi) is 3.93. The number of carbonyl (C=O) groups excluding carboxylic acids is 2. The lowest BCUT2D eigenvalue weighted by atomic mass is 9.98. The van der Waals surface area contributed by atoms with Gasteiger partial charge in [0.05, 0.1) is 6.61 Å². The van der Waals surface area contributed by atoms with Crippen LogP contribution in [0.5, 0.6) is 0 Å². The molecule has 1 rings (SSSR count). The number of Topliss-reactive ketones (excluding diaryl/α,β-unsaturated/α-hetero) is 1. The van der Waals surface area contributed by atoms with Crippen LogP contribution in [0, 0.1) is 0 Å². The van der Waals surface area contributed by atoms with E-state index in [4.69, 9.17) is 16.3 Å². The number of hydrogen-bond acceptors (Lipinski definition) is 3. The van der Waals surface area contributed by atoms with Gasteiger partial charge in [0.25, 0.3) is 0 Å². The first-order valence-corrected chi connectivity index (χ1v) is 5.38. The Morgan fingerprint density at radius 3 is 2.86 bits per heavy atom. The summed E-state index contributed by atoms with van der Waals surface area (Å²) in [5.41, 5.74) is 0. The van der Waals surface area contributed by atoms with Crippen molar-refractivity contribution in [3.63, 3.8) is 0 Å². The third-order valence-corrected chi connectivity index (χ3v) is 3.02. The maximum Gasteiger partial charge on any atom is 0.334 e. The van der Waals surface area contributed by atoms with E-state index in [0.717, 1.165) is 19.3 Å². The second-order valence-corrected chi connectivity index (χ2v) is 4.15. The van der Waals surface area contributed by atoms with E-state index < -0.39 is 10.8 Å². The van der Waals surface area contributed by atoms with Gasteiger partial charge in [-0.05, 0) is 19.8 Å². The van der Waals surface area contributed by atoms with E-state index in [0.29, 0.717) is 12.8 Å². The second kappa shape index (κ2) is 4.78. The van der Waals surface area contributed by atoms with E-state index in [1.54, 1.807) is 6.92 Å². The number of hydrogen-bond donors (Lipinski definition) is 0. The summed E-state index contributed by atoms with van der Waals surface area (Å²) in [4.78, 5) is 21.7. The van der Waals surface area contributed by atoms with Gasteiger partial charge in [0.2, 0.25) is 0 Å². The number of halogens is 1. The van der Waals surface area contributed by atoms with Crippen molar-refractivity contribution in [2.24, 2.45) is 0 Å². The summed E-state index contributed by atoms with van der Waals surface area (Å²) in [6, 6.07) is 0. The van der Waals surface area contributed by atoms with E-state index in [1.165, 1.54) is 0 Å². The molecule has 1 fully saturated rings. The van der Waals surface area contributed by atoms with Gasteiger partial charge < -0.3 is 4.74 Å². The lowest BCUT2D eigenvalue weighted by Crippen LogP contribution is -2.41. The van der Waals surface area contributed by atoms with E-state index in [9.17, 15) is 9.59 Å². The third-order valence-electron chi connectivity index (χ3n) is 2.47. The molecule has 0 aromatic carbocycles. The van der Waals surface area contributed by atoms with Crippen LogP contribution >= 0.6 is 11.6 Å². The average molecular weight is 219 g/mol. The fraction of sp³-hybridized carbons (Fsp3) is 0.800. The molecule has 0 aromatic rings. The number of rotatable bonds is 2. The average Bonchev–Trinajstić information content (AvgIpc) is 2.31. The highest BCUT2D eigenvalue weighted by atomic mass is 35.5. The number of ketones is 1. The van der Waals surface area contributed by atoms with Crippen LogP contribution in [0.1, 0.15) is 39.0 Å². The highest BCUT2D eigenvalue weighted by molar-refractivity contribution is 6.45. The number of ether oxygens (including phenoxy) is 1. The van der Waals surface area contributed by atoms with Crippen LogP contribution in [-0.2, 0) is 14.3 Å². The van der Waals surface area contributed by atoms with Crippen molar-refractivity contribution in [1.82, 2.24) is 0 Å². The van der Waals surface area contributed by atoms with Gasteiger partial charge in [-0.2, -0.15) is 0 Å². The zero-order valence-electron chi connectivity index (χ0n) is 8.35. The molecule has 14 heavy (non-hydrogen) atoms. The highest BCUT2D eigenvalue weighted by Crippen LogP contribution is 2.31. The minimum Gasteiger partial charge on any atom is -0.464 e. The Bertz CT molecular complexity index is 240. The summed E-state index contributed by atoms with van der Waals surface area (Å²) in [7, 11) is 0. The quantitative estimate of drug-likeness (QED) is 0.308. The van der Waals surface area contributed by atoms with Gasteiger partial charge in [-0.15, -0.1) is 0 Å². The molecule has 0 radical (unpaired) electrons. The zero-order chi connectivity index (χ0) is 10.6. The van der Waals surface area contributed by atoms with Crippen LogP contribution in [0.2, 0.25) is 0 Å². The van der Waals surface area contributed by atoms with Gasteiger partial charge in [-0.25, -0.2) is 4.79 Å². The largest absolute Gasteiger partial charge is 0.464 e. The van der Waals surface area contributed by atoms with Gasteiger partial charge in [0.1, 0.15) is 0 Å². The zero-order valence-corrected chi connectivity index (χ0v) is 9.10. The number of esters is 1. The molecule has 0 heterocycles. The maximum atomic E-state index is 11.6. The van der Waals surface area contributed by atoms with Crippen LogP contribution in [0.15, 0.2) is 0 Å². The Morgan fingerprint density at radius 1 is 1.50 bits per heavy atom. The molecule has 0 aliphatic heterocycles. The molecule has 0 amide bonds. The van der Waals surface area contributed by atoms with E-state index in [2.05, 4.69) is 0 Å². The fourth-order valence-electron chi connectivity index (χ4n) is 1.63. The van der Waals surface area contributed by atoms with E-state index in [1.807, 2.05) is 0 Å². The summed E-state index contributed by atoms with van der Waals surface area (Å²) in [5, 5.41) is 0. The van der Waals surface area contributed by atoms with Crippen LogP contribution in [0.4, 0.5) is 0 Å². The topological polar surface area (TPSA) is 43.4 Å². The molecule has 1 saturated carbocycles. The second-order valence-electron chi connectivity index (χ2n) is 3.51. The summed E-state index contributed by atoms with van der Waals surface area (Å²) in [5.74, 6) is -0.760. The number of alkyl halides is 1. The molecule has 0 aromatic heterocycles. The smallest absolute Gasteiger partial charge is 0.334 e. The van der Waals surface area contributed by atoms with Crippen molar-refractivity contribution in [2.75, 3.05) is 6.61 Å². The molecule has 0 saturated heterocycles. The first-order chi connectivity index (χ1) is 6.61. The summed E-state index contributed by atoms with van der Waals surface area (Å²) in [6.07, 6.45) is 3.40.